The van der Waals surface area contributed by atoms with Gasteiger partial charge >= 0.3 is 0 Å². The number of hydrogen-bond donors (Lipinski definition) is 2. The van der Waals surface area contributed by atoms with E-state index in [9.17, 15) is 4.79 Å². The molecule has 0 radical (unpaired) electrons. The number of hydrogen-bond acceptors (Lipinski definition) is 3. The number of piperidine rings is 1. The minimum atomic E-state index is -0.0728. The van der Waals surface area contributed by atoms with Crippen molar-refractivity contribution in [3.05, 3.63) is 54.1 Å². The van der Waals surface area contributed by atoms with Crippen LogP contribution in [0.3, 0.4) is 0 Å². The number of nitrogens with zero attached hydrogens (tertiary/aromatic N) is 4. The maximum atomic E-state index is 11.7. The molecule has 1 fully saturated rings. The lowest BCUT2D eigenvalue weighted by molar-refractivity contribution is 0.0963. The first kappa shape index (κ1) is 23.2. The van der Waals surface area contributed by atoms with Gasteiger partial charge in [-0.3, -0.25) is 4.79 Å². The molecule has 2 unspecified atom stereocenters. The second-order valence-corrected chi connectivity index (χ2v) is 7.24. The van der Waals surface area contributed by atoms with E-state index >= 15 is 0 Å². The summed E-state index contributed by atoms with van der Waals surface area (Å²) in [5.74, 6) is 1.47. The van der Waals surface area contributed by atoms with Gasteiger partial charge in [0.05, 0.1) is 18.9 Å². The second-order valence-electron chi connectivity index (χ2n) is 7.24. The molecule has 1 aliphatic rings. The molecule has 2 N–H and O–H groups in total. The summed E-state index contributed by atoms with van der Waals surface area (Å²) < 4.78 is 2.21. The Morgan fingerprint density at radius 1 is 1.31 bits per heavy atom. The lowest BCUT2D eigenvalue weighted by Gasteiger charge is -2.39. The number of rotatable bonds is 5. The summed E-state index contributed by atoms with van der Waals surface area (Å²) in [4.78, 5) is 23.1. The van der Waals surface area contributed by atoms with Crippen LogP contribution in [-0.2, 0) is 6.54 Å². The third-order valence-corrected chi connectivity index (χ3v) is 5.32. The van der Waals surface area contributed by atoms with Gasteiger partial charge in [0.25, 0.3) is 5.91 Å². The molecule has 29 heavy (non-hydrogen) atoms. The van der Waals surface area contributed by atoms with Crippen LogP contribution >= 0.6 is 24.0 Å². The average Bonchev–Trinajstić information content (AvgIpc) is 3.26. The third kappa shape index (κ3) is 5.94. The van der Waals surface area contributed by atoms with Gasteiger partial charge in [-0.1, -0.05) is 19.1 Å². The van der Waals surface area contributed by atoms with Gasteiger partial charge < -0.3 is 20.1 Å². The minimum Gasteiger partial charge on any atom is -0.357 e. The van der Waals surface area contributed by atoms with Crippen molar-refractivity contribution in [3.63, 3.8) is 0 Å². The fourth-order valence-corrected chi connectivity index (χ4v) is 3.59. The van der Waals surface area contributed by atoms with Crippen LogP contribution < -0.4 is 10.6 Å². The molecule has 1 amide bonds. The van der Waals surface area contributed by atoms with Gasteiger partial charge in [-0.25, -0.2) is 9.98 Å². The van der Waals surface area contributed by atoms with Crippen molar-refractivity contribution < 1.29 is 4.79 Å². The Morgan fingerprint density at radius 3 is 2.69 bits per heavy atom. The first-order valence-electron chi connectivity index (χ1n) is 9.94. The molecule has 0 bridgehead atoms. The standard InChI is InChI=1S/C21H30N6O.HI/c1-4-24-21(25-13-17-5-7-18(8-6-17)20(28)22-3)26-11-9-16(2)19(14-26)27-12-10-23-15-27;/h5-8,10,12,15-16,19H,4,9,11,13-14H2,1-3H3,(H,22,28)(H,24,25);1H. The molecule has 2 aromatic rings. The lowest BCUT2D eigenvalue weighted by Crippen LogP contribution is -2.49. The lowest BCUT2D eigenvalue weighted by atomic mass is 9.93. The smallest absolute Gasteiger partial charge is 0.251 e. The summed E-state index contributed by atoms with van der Waals surface area (Å²) in [6.45, 7) is 7.72. The Balaban J connectivity index is 0.00000300. The van der Waals surface area contributed by atoms with E-state index in [1.807, 2.05) is 43.0 Å². The van der Waals surface area contributed by atoms with Crippen LogP contribution in [0, 0.1) is 5.92 Å². The summed E-state index contributed by atoms with van der Waals surface area (Å²) in [5.41, 5.74) is 1.75. The van der Waals surface area contributed by atoms with E-state index in [2.05, 4.69) is 38.9 Å². The van der Waals surface area contributed by atoms with Crippen molar-refractivity contribution in [2.24, 2.45) is 10.9 Å². The van der Waals surface area contributed by atoms with Gasteiger partial charge in [-0.15, -0.1) is 24.0 Å². The molecule has 1 aliphatic heterocycles. The maximum Gasteiger partial charge on any atom is 0.251 e. The van der Waals surface area contributed by atoms with Crippen LogP contribution in [0.2, 0.25) is 0 Å². The third-order valence-electron chi connectivity index (χ3n) is 5.32. The number of carbonyl (C=O) groups excluding carboxylic acids is 1. The molecule has 0 saturated carbocycles. The summed E-state index contributed by atoms with van der Waals surface area (Å²) in [7, 11) is 1.64. The van der Waals surface area contributed by atoms with Crippen LogP contribution in [0.15, 0.2) is 48.0 Å². The van der Waals surface area contributed by atoms with Crippen molar-refractivity contribution in [3.8, 4) is 0 Å². The van der Waals surface area contributed by atoms with E-state index in [0.717, 1.165) is 37.6 Å². The number of likely N-dealkylation sites (tertiary alicyclic amines) is 1. The summed E-state index contributed by atoms with van der Waals surface area (Å²) in [5, 5.41) is 6.07. The Hall–Kier alpha value is -2.10. The minimum absolute atomic E-state index is 0. The van der Waals surface area contributed by atoms with Gasteiger partial charge in [-0.05, 0) is 37.0 Å². The SMILES string of the molecule is CCNC(=NCc1ccc(C(=O)NC)cc1)N1CCC(C)C(n2ccnc2)C1.I. The van der Waals surface area contributed by atoms with Crippen molar-refractivity contribution >= 4 is 35.8 Å². The van der Waals surface area contributed by atoms with E-state index in [1.165, 1.54) is 0 Å². The summed E-state index contributed by atoms with van der Waals surface area (Å²) in [6, 6.07) is 8.00. The predicted octanol–water partition coefficient (Wildman–Crippen LogP) is 2.91. The number of halogens is 1. The molecule has 3 rings (SSSR count). The topological polar surface area (TPSA) is 74.6 Å². The van der Waals surface area contributed by atoms with E-state index in [0.29, 0.717) is 24.1 Å². The van der Waals surface area contributed by atoms with Crippen molar-refractivity contribution in [1.29, 1.82) is 0 Å². The summed E-state index contributed by atoms with van der Waals surface area (Å²) >= 11 is 0. The Morgan fingerprint density at radius 2 is 2.07 bits per heavy atom. The zero-order valence-electron chi connectivity index (χ0n) is 17.3. The quantitative estimate of drug-likeness (QED) is 0.369. The molecule has 2 atom stereocenters. The van der Waals surface area contributed by atoms with Gasteiger partial charge in [0, 0.05) is 44.6 Å². The first-order valence-corrected chi connectivity index (χ1v) is 9.94. The van der Waals surface area contributed by atoms with E-state index in [4.69, 9.17) is 4.99 Å². The van der Waals surface area contributed by atoms with Gasteiger partial charge in [0.15, 0.2) is 5.96 Å². The van der Waals surface area contributed by atoms with Crippen LogP contribution in [0.1, 0.15) is 42.2 Å². The number of nitrogens with one attached hydrogen (secondary N) is 2. The number of carbonyl (C=O) groups is 1. The highest BCUT2D eigenvalue weighted by Gasteiger charge is 2.28. The Labute approximate surface area is 190 Å². The van der Waals surface area contributed by atoms with Crippen LogP contribution in [0.25, 0.3) is 0 Å². The zero-order chi connectivity index (χ0) is 19.9. The molecule has 2 heterocycles. The molecule has 0 aliphatic carbocycles. The van der Waals surface area contributed by atoms with Crippen LogP contribution in [0.5, 0.6) is 0 Å². The van der Waals surface area contributed by atoms with Crippen molar-refractivity contribution in [2.75, 3.05) is 26.7 Å². The normalized spacial score (nSPS) is 19.4. The van der Waals surface area contributed by atoms with E-state index < -0.39 is 0 Å². The highest BCUT2D eigenvalue weighted by molar-refractivity contribution is 14.0. The molecular weight excluding hydrogens is 479 g/mol. The highest BCUT2D eigenvalue weighted by atomic mass is 127. The van der Waals surface area contributed by atoms with Gasteiger partial charge in [0.2, 0.25) is 0 Å². The Bertz CT molecular complexity index is 790. The number of amides is 1. The predicted molar refractivity (Wildman–Crippen MR) is 127 cm³/mol. The Kier molecular flexibility index (Phi) is 8.94. The number of guanidine groups is 1. The van der Waals surface area contributed by atoms with Gasteiger partial charge in [0.1, 0.15) is 0 Å². The molecule has 1 saturated heterocycles. The molecule has 158 valence electrons. The zero-order valence-corrected chi connectivity index (χ0v) is 19.7. The fourth-order valence-electron chi connectivity index (χ4n) is 3.59. The van der Waals surface area contributed by atoms with E-state index in [1.54, 1.807) is 7.05 Å². The largest absolute Gasteiger partial charge is 0.357 e. The average molecular weight is 510 g/mol. The van der Waals surface area contributed by atoms with Gasteiger partial charge in [-0.2, -0.15) is 0 Å². The number of benzene rings is 1. The van der Waals surface area contributed by atoms with Crippen molar-refractivity contribution in [1.82, 2.24) is 25.1 Å². The van der Waals surface area contributed by atoms with Crippen molar-refractivity contribution in [2.45, 2.75) is 32.9 Å². The van der Waals surface area contributed by atoms with E-state index in [-0.39, 0.29) is 29.9 Å². The molecule has 7 nitrogen and oxygen atoms in total. The monoisotopic (exact) mass is 510 g/mol. The number of imidazole rings is 1. The number of aliphatic imine (C=N–C) groups is 1. The first-order chi connectivity index (χ1) is 13.6. The number of aromatic nitrogens is 2. The van der Waals surface area contributed by atoms with Crippen LogP contribution in [0.4, 0.5) is 0 Å². The maximum absolute atomic E-state index is 11.7. The molecule has 1 aromatic carbocycles. The van der Waals surface area contributed by atoms with Crippen LogP contribution in [-0.4, -0.2) is 53.0 Å². The fraction of sp³-hybridized carbons (Fsp3) is 0.476. The second kappa shape index (κ2) is 11.2. The molecule has 1 aromatic heterocycles. The molecule has 8 heteroatoms. The molecular formula is C21H31IN6O. The summed E-state index contributed by atoms with van der Waals surface area (Å²) in [6.07, 6.45) is 6.91. The molecule has 0 spiro atoms. The highest BCUT2D eigenvalue weighted by Crippen LogP contribution is 2.27.